The Balaban J connectivity index is 2.11. The minimum Gasteiger partial charge on any atom is -0.372 e. The summed E-state index contributed by atoms with van der Waals surface area (Å²) in [6.07, 6.45) is 1.75. The number of carbonyl (C=O) groups is 1. The standard InChI is InChI=1S/C14H13N5O/c1-16-12-6-7-13-17-8-11(19(13)18-12)9-2-4-10(5-3-9)14(15)20/h2-8H,1H3,(H2,15,20)(H,16,18). The summed E-state index contributed by atoms with van der Waals surface area (Å²) in [6.45, 7) is 0. The molecule has 3 rings (SSSR count). The highest BCUT2D eigenvalue weighted by atomic mass is 16.1. The lowest BCUT2D eigenvalue weighted by atomic mass is 10.1. The molecular formula is C14H13N5O. The van der Waals surface area contributed by atoms with Crippen molar-refractivity contribution in [2.45, 2.75) is 0 Å². The predicted octanol–water partition coefficient (Wildman–Crippen LogP) is 1.54. The molecule has 100 valence electrons. The second kappa shape index (κ2) is 4.65. The zero-order chi connectivity index (χ0) is 14.1. The van der Waals surface area contributed by atoms with Crippen LogP contribution in [0, 0.1) is 0 Å². The van der Waals surface area contributed by atoms with Crippen molar-refractivity contribution in [3.05, 3.63) is 48.2 Å². The van der Waals surface area contributed by atoms with Gasteiger partial charge in [0.05, 0.1) is 11.9 Å². The molecular weight excluding hydrogens is 254 g/mol. The summed E-state index contributed by atoms with van der Waals surface area (Å²) in [4.78, 5) is 15.4. The van der Waals surface area contributed by atoms with Crippen molar-refractivity contribution in [1.82, 2.24) is 14.6 Å². The molecule has 0 saturated heterocycles. The summed E-state index contributed by atoms with van der Waals surface area (Å²) < 4.78 is 1.76. The lowest BCUT2D eigenvalue weighted by Crippen LogP contribution is -2.10. The highest BCUT2D eigenvalue weighted by Crippen LogP contribution is 2.21. The van der Waals surface area contributed by atoms with Gasteiger partial charge in [0.15, 0.2) is 5.65 Å². The van der Waals surface area contributed by atoms with Gasteiger partial charge in [-0.2, -0.15) is 0 Å². The molecule has 6 heteroatoms. The average Bonchev–Trinajstić information content (AvgIpc) is 2.90. The molecule has 3 N–H and O–H groups in total. The molecule has 0 radical (unpaired) electrons. The van der Waals surface area contributed by atoms with Crippen molar-refractivity contribution < 1.29 is 4.79 Å². The molecule has 3 aromatic rings. The van der Waals surface area contributed by atoms with Crippen molar-refractivity contribution in [2.75, 3.05) is 12.4 Å². The number of nitrogens with one attached hydrogen (secondary N) is 1. The number of hydrogen-bond acceptors (Lipinski definition) is 4. The van der Waals surface area contributed by atoms with Crippen LogP contribution in [-0.2, 0) is 0 Å². The predicted molar refractivity (Wildman–Crippen MR) is 76.5 cm³/mol. The van der Waals surface area contributed by atoms with Crippen LogP contribution >= 0.6 is 0 Å². The van der Waals surface area contributed by atoms with Gasteiger partial charge in [-0.3, -0.25) is 4.79 Å². The highest BCUT2D eigenvalue weighted by molar-refractivity contribution is 5.93. The molecule has 1 amide bonds. The molecule has 0 aliphatic carbocycles. The Bertz CT molecular complexity index is 776. The fourth-order valence-corrected chi connectivity index (χ4v) is 2.01. The van der Waals surface area contributed by atoms with Crippen LogP contribution in [0.1, 0.15) is 10.4 Å². The van der Waals surface area contributed by atoms with Gasteiger partial charge in [0, 0.05) is 18.2 Å². The number of hydrogen-bond donors (Lipinski definition) is 2. The summed E-state index contributed by atoms with van der Waals surface area (Å²) in [5, 5.41) is 7.43. The van der Waals surface area contributed by atoms with Crippen LogP contribution in [0.3, 0.4) is 0 Å². The van der Waals surface area contributed by atoms with Crippen LogP contribution in [-0.4, -0.2) is 27.6 Å². The van der Waals surface area contributed by atoms with Crippen molar-refractivity contribution in [1.29, 1.82) is 0 Å². The van der Waals surface area contributed by atoms with Crippen molar-refractivity contribution in [3.63, 3.8) is 0 Å². The van der Waals surface area contributed by atoms with E-state index in [1.807, 2.05) is 31.3 Å². The van der Waals surface area contributed by atoms with Gasteiger partial charge in [0.25, 0.3) is 0 Å². The topological polar surface area (TPSA) is 85.3 Å². The number of nitrogens with zero attached hydrogens (tertiary/aromatic N) is 3. The normalized spacial score (nSPS) is 10.7. The summed E-state index contributed by atoms with van der Waals surface area (Å²) in [7, 11) is 1.81. The van der Waals surface area contributed by atoms with Crippen molar-refractivity contribution >= 4 is 17.4 Å². The Hall–Kier alpha value is -2.89. The maximum Gasteiger partial charge on any atom is 0.248 e. The minimum atomic E-state index is -0.440. The molecule has 0 unspecified atom stereocenters. The average molecular weight is 267 g/mol. The molecule has 0 spiro atoms. The van der Waals surface area contributed by atoms with Crippen LogP contribution in [0.25, 0.3) is 16.9 Å². The summed E-state index contributed by atoms with van der Waals surface area (Å²) in [5.74, 6) is 0.316. The molecule has 0 bridgehead atoms. The van der Waals surface area contributed by atoms with E-state index in [0.717, 1.165) is 22.7 Å². The largest absolute Gasteiger partial charge is 0.372 e. The Morgan fingerprint density at radius 1 is 1.20 bits per heavy atom. The number of anilines is 1. The zero-order valence-electron chi connectivity index (χ0n) is 10.9. The third kappa shape index (κ3) is 1.97. The Labute approximate surface area is 115 Å². The van der Waals surface area contributed by atoms with E-state index < -0.39 is 5.91 Å². The molecule has 0 saturated carbocycles. The van der Waals surface area contributed by atoms with E-state index in [1.54, 1.807) is 22.8 Å². The van der Waals surface area contributed by atoms with Gasteiger partial charge in [0.2, 0.25) is 5.91 Å². The van der Waals surface area contributed by atoms with E-state index in [0.29, 0.717) is 5.56 Å². The van der Waals surface area contributed by atoms with Gasteiger partial charge in [-0.1, -0.05) is 12.1 Å². The first-order chi connectivity index (χ1) is 9.69. The Kier molecular flexibility index (Phi) is 2.83. The Morgan fingerprint density at radius 3 is 2.60 bits per heavy atom. The van der Waals surface area contributed by atoms with Crippen molar-refractivity contribution in [2.24, 2.45) is 5.73 Å². The second-order valence-electron chi connectivity index (χ2n) is 4.32. The first-order valence-corrected chi connectivity index (χ1v) is 6.12. The van der Waals surface area contributed by atoms with Gasteiger partial charge in [-0.05, 0) is 24.3 Å². The van der Waals surface area contributed by atoms with Crippen LogP contribution in [0.5, 0.6) is 0 Å². The molecule has 0 aliphatic rings. The second-order valence-corrected chi connectivity index (χ2v) is 4.32. The number of aromatic nitrogens is 3. The third-order valence-electron chi connectivity index (χ3n) is 3.08. The number of fused-ring (bicyclic) bond motifs is 1. The first-order valence-electron chi connectivity index (χ1n) is 6.12. The van der Waals surface area contributed by atoms with Gasteiger partial charge in [-0.25, -0.2) is 9.50 Å². The van der Waals surface area contributed by atoms with E-state index >= 15 is 0 Å². The summed E-state index contributed by atoms with van der Waals surface area (Å²) >= 11 is 0. The maximum absolute atomic E-state index is 11.1. The molecule has 0 atom stereocenters. The molecule has 2 aromatic heterocycles. The van der Waals surface area contributed by atoms with E-state index in [2.05, 4.69) is 15.4 Å². The number of primary amides is 1. The van der Waals surface area contributed by atoms with E-state index in [1.165, 1.54) is 0 Å². The number of benzene rings is 1. The lowest BCUT2D eigenvalue weighted by molar-refractivity contribution is 0.100. The number of imidazole rings is 1. The van der Waals surface area contributed by atoms with Crippen LogP contribution < -0.4 is 11.1 Å². The number of carbonyl (C=O) groups excluding carboxylic acids is 1. The summed E-state index contributed by atoms with van der Waals surface area (Å²) in [5.41, 5.74) is 8.25. The monoisotopic (exact) mass is 267 g/mol. The lowest BCUT2D eigenvalue weighted by Gasteiger charge is -2.04. The van der Waals surface area contributed by atoms with E-state index in [4.69, 9.17) is 5.73 Å². The van der Waals surface area contributed by atoms with Crippen molar-refractivity contribution in [3.8, 4) is 11.3 Å². The quantitative estimate of drug-likeness (QED) is 0.753. The molecule has 6 nitrogen and oxygen atoms in total. The summed E-state index contributed by atoms with van der Waals surface area (Å²) in [6, 6.07) is 10.8. The van der Waals surface area contributed by atoms with E-state index in [-0.39, 0.29) is 0 Å². The fraction of sp³-hybridized carbons (Fsp3) is 0.0714. The van der Waals surface area contributed by atoms with Crippen LogP contribution in [0.15, 0.2) is 42.6 Å². The molecule has 0 aliphatic heterocycles. The SMILES string of the molecule is CNc1ccc2ncc(-c3ccc(C(N)=O)cc3)n2n1. The van der Waals surface area contributed by atoms with Crippen LogP contribution in [0.4, 0.5) is 5.82 Å². The Morgan fingerprint density at radius 2 is 1.95 bits per heavy atom. The highest BCUT2D eigenvalue weighted by Gasteiger charge is 2.08. The fourth-order valence-electron chi connectivity index (χ4n) is 2.01. The maximum atomic E-state index is 11.1. The molecule has 20 heavy (non-hydrogen) atoms. The smallest absolute Gasteiger partial charge is 0.248 e. The molecule has 1 aromatic carbocycles. The van der Waals surface area contributed by atoms with Gasteiger partial charge >= 0.3 is 0 Å². The van der Waals surface area contributed by atoms with E-state index in [9.17, 15) is 4.79 Å². The number of rotatable bonds is 3. The van der Waals surface area contributed by atoms with Gasteiger partial charge in [0.1, 0.15) is 5.82 Å². The van der Waals surface area contributed by atoms with Crippen LogP contribution in [0.2, 0.25) is 0 Å². The third-order valence-corrected chi connectivity index (χ3v) is 3.08. The minimum absolute atomic E-state index is 0.440. The molecule has 2 heterocycles. The zero-order valence-corrected chi connectivity index (χ0v) is 10.9. The number of nitrogens with two attached hydrogens (primary N) is 1. The van der Waals surface area contributed by atoms with Gasteiger partial charge < -0.3 is 11.1 Å². The molecule has 0 fully saturated rings. The first kappa shape index (κ1) is 12.2. The van der Waals surface area contributed by atoms with Gasteiger partial charge in [-0.15, -0.1) is 5.10 Å². The number of amides is 1.